The Labute approximate surface area is 132 Å². The van der Waals surface area contributed by atoms with Gasteiger partial charge >= 0.3 is 0 Å². The van der Waals surface area contributed by atoms with Gasteiger partial charge in [-0.25, -0.2) is 0 Å². The van der Waals surface area contributed by atoms with Crippen molar-refractivity contribution in [3.05, 3.63) is 27.1 Å². The van der Waals surface area contributed by atoms with Gasteiger partial charge in [0.25, 0.3) is 5.56 Å². The van der Waals surface area contributed by atoms with Gasteiger partial charge in [-0.15, -0.1) is 0 Å². The fourth-order valence-electron chi connectivity index (χ4n) is 3.69. The van der Waals surface area contributed by atoms with Gasteiger partial charge in [0.2, 0.25) is 5.91 Å². The van der Waals surface area contributed by atoms with E-state index in [1.54, 1.807) is 19.3 Å². The number of halogens is 1. The summed E-state index contributed by atoms with van der Waals surface area (Å²) in [4.78, 5) is 24.5. The molecule has 2 fully saturated rings. The van der Waals surface area contributed by atoms with Crippen molar-refractivity contribution in [1.29, 1.82) is 0 Å². The van der Waals surface area contributed by atoms with Crippen molar-refractivity contribution < 1.29 is 4.79 Å². The molecule has 1 aliphatic carbocycles. The van der Waals surface area contributed by atoms with Crippen LogP contribution in [0.15, 0.2) is 21.5 Å². The van der Waals surface area contributed by atoms with Crippen LogP contribution in [-0.4, -0.2) is 23.6 Å². The van der Waals surface area contributed by atoms with Crippen LogP contribution in [0.5, 0.6) is 0 Å². The first-order valence-electron chi connectivity index (χ1n) is 7.41. The molecule has 2 aliphatic rings. The molecule has 5 nitrogen and oxygen atoms in total. The smallest absolute Gasteiger partial charge is 0.264 e. The van der Waals surface area contributed by atoms with E-state index in [2.05, 4.69) is 26.6 Å². The van der Waals surface area contributed by atoms with Crippen molar-refractivity contribution >= 4 is 27.5 Å². The maximum Gasteiger partial charge on any atom is 0.264 e. The van der Waals surface area contributed by atoms with Gasteiger partial charge in [-0.3, -0.25) is 9.59 Å². The van der Waals surface area contributed by atoms with Crippen molar-refractivity contribution in [1.82, 2.24) is 9.88 Å². The Morgan fingerprint density at radius 2 is 2.33 bits per heavy atom. The number of hydrogen-bond donors (Lipinski definition) is 2. The Bertz CT molecular complexity index is 602. The van der Waals surface area contributed by atoms with E-state index in [0.717, 1.165) is 32.4 Å². The Balaban J connectivity index is 1.84. The third-order valence-corrected chi connectivity index (χ3v) is 5.46. The number of pyridine rings is 1. The highest BCUT2D eigenvalue weighted by Crippen LogP contribution is 2.44. The average molecular weight is 354 g/mol. The molecule has 2 heterocycles. The molecular weight excluding hydrogens is 334 g/mol. The second-order valence-electron chi connectivity index (χ2n) is 6.18. The van der Waals surface area contributed by atoms with Gasteiger partial charge in [0.1, 0.15) is 0 Å². The minimum absolute atomic E-state index is 0.0859. The summed E-state index contributed by atoms with van der Waals surface area (Å²) in [5.74, 6) is 0.518. The molecule has 0 radical (unpaired) electrons. The fourth-order valence-corrected chi connectivity index (χ4v) is 4.21. The van der Waals surface area contributed by atoms with E-state index in [-0.39, 0.29) is 16.9 Å². The first-order valence-corrected chi connectivity index (χ1v) is 8.20. The zero-order valence-electron chi connectivity index (χ0n) is 12.1. The molecule has 2 atom stereocenters. The van der Waals surface area contributed by atoms with Gasteiger partial charge in [0.05, 0.1) is 15.6 Å². The van der Waals surface area contributed by atoms with E-state index in [9.17, 15) is 9.59 Å². The van der Waals surface area contributed by atoms with Crippen LogP contribution in [0.4, 0.5) is 5.69 Å². The summed E-state index contributed by atoms with van der Waals surface area (Å²) >= 11 is 3.24. The molecule has 1 saturated heterocycles. The van der Waals surface area contributed by atoms with Crippen molar-refractivity contribution in [3.8, 4) is 0 Å². The number of carbonyl (C=O) groups excluding carboxylic acids is 1. The lowest BCUT2D eigenvalue weighted by Gasteiger charge is -2.37. The topological polar surface area (TPSA) is 63.1 Å². The van der Waals surface area contributed by atoms with Gasteiger partial charge < -0.3 is 15.2 Å². The van der Waals surface area contributed by atoms with Crippen LogP contribution in [0.3, 0.4) is 0 Å². The van der Waals surface area contributed by atoms with E-state index in [1.165, 1.54) is 11.0 Å². The van der Waals surface area contributed by atoms with Crippen molar-refractivity contribution in [3.63, 3.8) is 0 Å². The number of aromatic nitrogens is 1. The Hall–Kier alpha value is -1.14. The lowest BCUT2D eigenvalue weighted by atomic mass is 9.67. The molecule has 0 aromatic carbocycles. The quantitative estimate of drug-likeness (QED) is 0.852. The SMILES string of the molecule is Cn1cc(NC(=O)[C@@]23CCCC[C@H]2CNC3)cc(Br)c1=O. The minimum Gasteiger partial charge on any atom is -0.324 e. The Morgan fingerprint density at radius 3 is 3.10 bits per heavy atom. The van der Waals surface area contributed by atoms with Crippen LogP contribution in [0.25, 0.3) is 0 Å². The summed E-state index contributed by atoms with van der Waals surface area (Å²) in [6, 6.07) is 1.68. The van der Waals surface area contributed by atoms with Crippen molar-refractivity contribution in [2.45, 2.75) is 25.7 Å². The molecule has 114 valence electrons. The highest BCUT2D eigenvalue weighted by Gasteiger charge is 2.49. The highest BCUT2D eigenvalue weighted by molar-refractivity contribution is 9.10. The van der Waals surface area contributed by atoms with Crippen LogP contribution < -0.4 is 16.2 Å². The number of aryl methyl sites for hydroxylation is 1. The normalized spacial score (nSPS) is 28.2. The number of rotatable bonds is 2. The van der Waals surface area contributed by atoms with Crippen molar-refractivity contribution in [2.75, 3.05) is 18.4 Å². The van der Waals surface area contributed by atoms with E-state index >= 15 is 0 Å². The van der Waals surface area contributed by atoms with Crippen LogP contribution in [0.1, 0.15) is 25.7 Å². The molecular formula is C15H20BrN3O2. The second-order valence-corrected chi connectivity index (χ2v) is 7.03. The summed E-state index contributed by atoms with van der Waals surface area (Å²) in [5, 5.41) is 6.39. The van der Waals surface area contributed by atoms with Gasteiger partial charge in [0.15, 0.2) is 0 Å². The van der Waals surface area contributed by atoms with E-state index in [4.69, 9.17) is 0 Å². The number of anilines is 1. The average Bonchev–Trinajstić information content (AvgIpc) is 2.89. The maximum absolute atomic E-state index is 12.8. The van der Waals surface area contributed by atoms with Crippen LogP contribution in [-0.2, 0) is 11.8 Å². The molecule has 1 amide bonds. The summed E-state index contributed by atoms with van der Waals surface area (Å²) < 4.78 is 1.94. The second kappa shape index (κ2) is 5.57. The predicted molar refractivity (Wildman–Crippen MR) is 85.3 cm³/mol. The van der Waals surface area contributed by atoms with Gasteiger partial charge in [-0.1, -0.05) is 12.8 Å². The zero-order chi connectivity index (χ0) is 15.0. The van der Waals surface area contributed by atoms with E-state index in [1.807, 2.05) is 0 Å². The molecule has 1 aliphatic heterocycles. The molecule has 0 bridgehead atoms. The molecule has 1 saturated carbocycles. The summed E-state index contributed by atoms with van der Waals surface area (Å²) in [6.07, 6.45) is 6.07. The van der Waals surface area contributed by atoms with Gasteiger partial charge in [0, 0.05) is 19.8 Å². The molecule has 0 spiro atoms. The molecule has 2 N–H and O–H groups in total. The van der Waals surface area contributed by atoms with Crippen LogP contribution in [0, 0.1) is 11.3 Å². The van der Waals surface area contributed by atoms with Crippen LogP contribution in [0.2, 0.25) is 0 Å². The molecule has 6 heteroatoms. The Kier molecular flexibility index (Phi) is 3.92. The third kappa shape index (κ3) is 2.55. The predicted octanol–water partition coefficient (Wildman–Crippen LogP) is 1.87. The number of fused-ring (bicyclic) bond motifs is 1. The number of nitrogens with zero attached hydrogens (tertiary/aromatic N) is 1. The maximum atomic E-state index is 12.8. The molecule has 1 aromatic heterocycles. The zero-order valence-corrected chi connectivity index (χ0v) is 13.7. The van der Waals surface area contributed by atoms with Crippen molar-refractivity contribution in [2.24, 2.45) is 18.4 Å². The number of hydrogen-bond acceptors (Lipinski definition) is 3. The Morgan fingerprint density at radius 1 is 1.52 bits per heavy atom. The summed E-state index contributed by atoms with van der Waals surface area (Å²) in [5.41, 5.74) is 0.281. The number of nitrogens with one attached hydrogen (secondary N) is 2. The minimum atomic E-state index is -0.278. The van der Waals surface area contributed by atoms with E-state index in [0.29, 0.717) is 16.1 Å². The standard InChI is InChI=1S/C15H20BrN3O2/c1-19-8-11(6-12(16)13(19)20)18-14(21)15-5-3-2-4-10(15)7-17-9-15/h6,8,10,17H,2-5,7,9H2,1H3,(H,18,21)/t10-,15+/m0/s1. The lowest BCUT2D eigenvalue weighted by molar-refractivity contribution is -0.128. The monoisotopic (exact) mass is 353 g/mol. The van der Waals surface area contributed by atoms with Gasteiger partial charge in [-0.2, -0.15) is 0 Å². The van der Waals surface area contributed by atoms with E-state index < -0.39 is 0 Å². The highest BCUT2D eigenvalue weighted by atomic mass is 79.9. The number of amides is 1. The van der Waals surface area contributed by atoms with Gasteiger partial charge in [-0.05, 0) is 47.3 Å². The fraction of sp³-hybridized carbons (Fsp3) is 0.600. The first-order chi connectivity index (χ1) is 10.0. The summed E-state index contributed by atoms with van der Waals surface area (Å²) in [7, 11) is 1.68. The number of carbonyl (C=O) groups is 1. The molecule has 1 aromatic rings. The first kappa shape index (κ1) is 14.8. The molecule has 21 heavy (non-hydrogen) atoms. The largest absolute Gasteiger partial charge is 0.324 e. The summed E-state index contributed by atoms with van der Waals surface area (Å²) in [6.45, 7) is 1.70. The lowest BCUT2D eigenvalue weighted by Crippen LogP contribution is -2.44. The third-order valence-electron chi connectivity index (χ3n) is 4.89. The molecule has 3 rings (SSSR count). The molecule has 0 unspecified atom stereocenters. The van der Waals surface area contributed by atoms with Crippen LogP contribution >= 0.6 is 15.9 Å².